The molecule has 0 aliphatic carbocycles. The van der Waals surface area contributed by atoms with Crippen LogP contribution in [0.1, 0.15) is 22.5 Å². The molecule has 1 fully saturated rings. The largest absolute Gasteiger partial charge is 0.337 e. The number of likely N-dealkylation sites (tertiary alicyclic amines) is 1. The number of para-hydroxylation sites is 2. The lowest BCUT2D eigenvalue weighted by Gasteiger charge is -2.16. The summed E-state index contributed by atoms with van der Waals surface area (Å²) in [6.07, 6.45) is 7.22. The van der Waals surface area contributed by atoms with Crippen LogP contribution in [-0.4, -0.2) is 38.8 Å². The zero-order valence-corrected chi connectivity index (χ0v) is 13.3. The first-order chi connectivity index (χ1) is 11.8. The van der Waals surface area contributed by atoms with E-state index < -0.39 is 0 Å². The van der Waals surface area contributed by atoms with Gasteiger partial charge in [0, 0.05) is 25.5 Å². The highest BCUT2D eigenvalue weighted by Crippen LogP contribution is 2.22. The number of nitrogens with zero attached hydrogens (tertiary/aromatic N) is 4. The van der Waals surface area contributed by atoms with Gasteiger partial charge in [0.15, 0.2) is 0 Å². The number of hydrogen-bond donors (Lipinski definition) is 0. The summed E-state index contributed by atoms with van der Waals surface area (Å²) in [4.78, 5) is 27.5. The maximum Gasteiger partial charge on any atom is 0.274 e. The molecule has 24 heavy (non-hydrogen) atoms. The van der Waals surface area contributed by atoms with Gasteiger partial charge in [-0.2, -0.15) is 0 Å². The highest BCUT2D eigenvalue weighted by Gasteiger charge is 2.28. The first-order valence-corrected chi connectivity index (χ1v) is 8.19. The molecule has 0 saturated carbocycles. The van der Waals surface area contributed by atoms with Crippen LogP contribution in [0.4, 0.5) is 0 Å². The molecule has 1 saturated heterocycles. The first kappa shape index (κ1) is 14.8. The van der Waals surface area contributed by atoms with Gasteiger partial charge in [0.05, 0.1) is 17.2 Å². The molecule has 4 rings (SSSR count). The molecule has 5 heteroatoms. The molecule has 1 amide bonds. The summed E-state index contributed by atoms with van der Waals surface area (Å²) >= 11 is 0. The maximum absolute atomic E-state index is 12.7. The number of benzene rings is 1. The molecule has 0 spiro atoms. The lowest BCUT2D eigenvalue weighted by Crippen LogP contribution is -2.29. The summed E-state index contributed by atoms with van der Waals surface area (Å²) < 4.78 is 0. The Kier molecular flexibility index (Phi) is 3.91. The zero-order chi connectivity index (χ0) is 16.4. The minimum atomic E-state index is -0.0227. The first-order valence-electron chi connectivity index (χ1n) is 8.19. The van der Waals surface area contributed by atoms with E-state index in [4.69, 9.17) is 0 Å². The summed E-state index contributed by atoms with van der Waals surface area (Å²) in [5.41, 5.74) is 3.27. The number of rotatable bonds is 3. The third-order valence-corrected chi connectivity index (χ3v) is 4.51. The van der Waals surface area contributed by atoms with E-state index >= 15 is 0 Å². The average molecular weight is 318 g/mol. The van der Waals surface area contributed by atoms with Crippen LogP contribution in [0.2, 0.25) is 0 Å². The van der Waals surface area contributed by atoms with Crippen molar-refractivity contribution in [2.75, 3.05) is 13.1 Å². The van der Waals surface area contributed by atoms with Crippen LogP contribution in [0, 0.1) is 5.92 Å². The van der Waals surface area contributed by atoms with Crippen molar-refractivity contribution in [1.29, 1.82) is 0 Å². The van der Waals surface area contributed by atoms with Crippen molar-refractivity contribution >= 4 is 16.9 Å². The van der Waals surface area contributed by atoms with Crippen LogP contribution >= 0.6 is 0 Å². The Balaban J connectivity index is 1.46. The van der Waals surface area contributed by atoms with Crippen LogP contribution in [0.25, 0.3) is 11.0 Å². The lowest BCUT2D eigenvalue weighted by atomic mass is 10.00. The highest BCUT2D eigenvalue weighted by atomic mass is 16.2. The normalized spacial score (nSPS) is 17.3. The van der Waals surface area contributed by atoms with E-state index in [0.717, 1.165) is 37.0 Å². The van der Waals surface area contributed by atoms with Crippen LogP contribution < -0.4 is 0 Å². The smallest absolute Gasteiger partial charge is 0.274 e. The van der Waals surface area contributed by atoms with Gasteiger partial charge >= 0.3 is 0 Å². The number of fused-ring (bicyclic) bond motifs is 1. The van der Waals surface area contributed by atoms with E-state index in [1.165, 1.54) is 5.56 Å². The minimum absolute atomic E-state index is 0.0227. The summed E-state index contributed by atoms with van der Waals surface area (Å²) in [5, 5.41) is 0. The number of carbonyl (C=O) groups excluding carboxylic acids is 1. The maximum atomic E-state index is 12.7. The fourth-order valence-corrected chi connectivity index (χ4v) is 3.26. The number of carbonyl (C=O) groups is 1. The summed E-state index contributed by atoms with van der Waals surface area (Å²) in [7, 11) is 0. The topological polar surface area (TPSA) is 59.0 Å². The van der Waals surface area contributed by atoms with Gasteiger partial charge in [-0.25, -0.2) is 4.98 Å². The van der Waals surface area contributed by atoms with E-state index in [1.54, 1.807) is 6.20 Å². The zero-order valence-electron chi connectivity index (χ0n) is 13.3. The molecule has 1 atom stereocenters. The molecule has 1 aliphatic heterocycles. The van der Waals surface area contributed by atoms with Gasteiger partial charge in [-0.05, 0) is 48.6 Å². The second-order valence-corrected chi connectivity index (χ2v) is 6.21. The fourth-order valence-electron chi connectivity index (χ4n) is 3.26. The van der Waals surface area contributed by atoms with Crippen LogP contribution in [0.3, 0.4) is 0 Å². The number of pyridine rings is 1. The standard InChI is InChI=1S/C19H18N4O/c24-19(18-12-21-16-3-1-2-4-17(16)22-18)23-10-7-15(13-23)11-14-5-8-20-9-6-14/h1-6,8-9,12,15H,7,10-11,13H2. The molecular weight excluding hydrogens is 300 g/mol. The molecule has 1 unspecified atom stereocenters. The van der Waals surface area contributed by atoms with Crippen molar-refractivity contribution in [3.63, 3.8) is 0 Å². The number of aromatic nitrogens is 3. The van der Waals surface area contributed by atoms with Crippen LogP contribution in [-0.2, 0) is 6.42 Å². The monoisotopic (exact) mass is 318 g/mol. The molecule has 1 aromatic carbocycles. The van der Waals surface area contributed by atoms with Gasteiger partial charge in [0.1, 0.15) is 5.69 Å². The second kappa shape index (κ2) is 6.35. The van der Waals surface area contributed by atoms with Crippen molar-refractivity contribution < 1.29 is 4.79 Å². The lowest BCUT2D eigenvalue weighted by molar-refractivity contribution is 0.0781. The quantitative estimate of drug-likeness (QED) is 0.745. The molecule has 3 heterocycles. The van der Waals surface area contributed by atoms with Crippen molar-refractivity contribution in [2.24, 2.45) is 5.92 Å². The highest BCUT2D eigenvalue weighted by molar-refractivity contribution is 5.94. The summed E-state index contributed by atoms with van der Waals surface area (Å²) in [5.74, 6) is 0.468. The molecule has 2 aromatic heterocycles. The molecule has 0 bridgehead atoms. The second-order valence-electron chi connectivity index (χ2n) is 6.21. The van der Waals surface area contributed by atoms with E-state index in [0.29, 0.717) is 11.6 Å². The van der Waals surface area contributed by atoms with Crippen molar-refractivity contribution in [3.8, 4) is 0 Å². The molecule has 1 aliphatic rings. The average Bonchev–Trinajstić information content (AvgIpc) is 3.10. The van der Waals surface area contributed by atoms with Gasteiger partial charge in [-0.1, -0.05) is 12.1 Å². The Morgan fingerprint density at radius 1 is 1.12 bits per heavy atom. The Bertz CT molecular complexity index is 865. The third kappa shape index (κ3) is 2.97. The molecule has 120 valence electrons. The predicted molar refractivity (Wildman–Crippen MR) is 91.5 cm³/mol. The summed E-state index contributed by atoms with van der Waals surface area (Å²) in [6.45, 7) is 1.55. The third-order valence-electron chi connectivity index (χ3n) is 4.51. The molecule has 0 radical (unpaired) electrons. The van der Waals surface area contributed by atoms with Gasteiger partial charge in [0.25, 0.3) is 5.91 Å². The van der Waals surface area contributed by atoms with Crippen LogP contribution in [0.15, 0.2) is 55.0 Å². The fraction of sp³-hybridized carbons (Fsp3) is 0.263. The Morgan fingerprint density at radius 2 is 1.92 bits per heavy atom. The van der Waals surface area contributed by atoms with E-state index in [-0.39, 0.29) is 5.91 Å². The van der Waals surface area contributed by atoms with Gasteiger partial charge in [0.2, 0.25) is 0 Å². The summed E-state index contributed by atoms with van der Waals surface area (Å²) in [6, 6.07) is 11.7. The molecule has 5 nitrogen and oxygen atoms in total. The SMILES string of the molecule is O=C(c1cnc2ccccc2n1)N1CCC(Cc2ccncc2)C1. The number of amides is 1. The Labute approximate surface area is 140 Å². The van der Waals surface area contributed by atoms with Crippen molar-refractivity contribution in [1.82, 2.24) is 19.9 Å². The van der Waals surface area contributed by atoms with Gasteiger partial charge in [-0.3, -0.25) is 14.8 Å². The van der Waals surface area contributed by atoms with Gasteiger partial charge in [-0.15, -0.1) is 0 Å². The van der Waals surface area contributed by atoms with E-state index in [1.807, 2.05) is 53.7 Å². The van der Waals surface area contributed by atoms with E-state index in [2.05, 4.69) is 15.0 Å². The molecule has 3 aromatic rings. The van der Waals surface area contributed by atoms with Crippen molar-refractivity contribution in [3.05, 3.63) is 66.2 Å². The number of hydrogen-bond acceptors (Lipinski definition) is 4. The van der Waals surface area contributed by atoms with E-state index in [9.17, 15) is 4.79 Å². The molecular formula is C19H18N4O. The minimum Gasteiger partial charge on any atom is -0.337 e. The Hall–Kier alpha value is -2.82. The predicted octanol–water partition coefficient (Wildman–Crippen LogP) is 2.73. The van der Waals surface area contributed by atoms with Crippen LogP contribution in [0.5, 0.6) is 0 Å². The van der Waals surface area contributed by atoms with Crippen molar-refractivity contribution in [2.45, 2.75) is 12.8 Å². The Morgan fingerprint density at radius 3 is 2.75 bits per heavy atom. The van der Waals surface area contributed by atoms with Gasteiger partial charge < -0.3 is 4.90 Å². The molecule has 0 N–H and O–H groups in total.